The summed E-state index contributed by atoms with van der Waals surface area (Å²) in [5.74, 6) is -0.0872. The largest absolute Gasteiger partial charge is 0.352 e. The van der Waals surface area contributed by atoms with Gasteiger partial charge in [0.2, 0.25) is 5.91 Å². The molecule has 1 amide bonds. The minimum atomic E-state index is -0.443. The number of rotatable bonds is 6. The minimum absolute atomic E-state index is 0.0404. The molecule has 0 heterocycles. The second-order valence-corrected chi connectivity index (χ2v) is 5.94. The van der Waals surface area contributed by atoms with Crippen molar-refractivity contribution in [2.45, 2.75) is 13.0 Å². The van der Waals surface area contributed by atoms with Gasteiger partial charge in [0.25, 0.3) is 5.69 Å². The van der Waals surface area contributed by atoms with E-state index in [9.17, 15) is 14.9 Å². The molecule has 3 rings (SSSR count). The first kappa shape index (κ1) is 17.4. The van der Waals surface area contributed by atoms with E-state index in [0.29, 0.717) is 13.0 Å². The molecule has 0 saturated heterocycles. The number of nitro groups is 1. The third-order valence-corrected chi connectivity index (χ3v) is 4.06. The molecule has 0 spiro atoms. The Balaban J connectivity index is 1.54. The summed E-state index contributed by atoms with van der Waals surface area (Å²) in [6.07, 6.45) is 0.294. The normalized spacial score (nSPS) is 10.3. The number of benzene rings is 3. The Kier molecular flexibility index (Phi) is 5.39. The topological polar surface area (TPSA) is 72.2 Å². The molecule has 0 fully saturated rings. The second-order valence-electron chi connectivity index (χ2n) is 5.94. The molecule has 5 nitrogen and oxygen atoms in total. The van der Waals surface area contributed by atoms with Gasteiger partial charge in [0, 0.05) is 18.7 Å². The highest BCUT2D eigenvalue weighted by Gasteiger charge is 2.06. The molecule has 0 atom stereocenters. The highest BCUT2D eigenvalue weighted by atomic mass is 16.6. The second kappa shape index (κ2) is 8.07. The van der Waals surface area contributed by atoms with E-state index in [1.807, 2.05) is 54.6 Å². The first-order valence-electron chi connectivity index (χ1n) is 8.26. The molecule has 3 aromatic carbocycles. The van der Waals surface area contributed by atoms with Gasteiger partial charge in [-0.05, 0) is 22.3 Å². The summed E-state index contributed by atoms with van der Waals surface area (Å²) in [5.41, 5.74) is 4.05. The Bertz CT molecular complexity index is 889. The molecule has 0 saturated carbocycles. The zero-order valence-corrected chi connectivity index (χ0v) is 14.1. The van der Waals surface area contributed by atoms with Gasteiger partial charge in [0.15, 0.2) is 0 Å². The molecular weight excluding hydrogens is 328 g/mol. The summed E-state index contributed by atoms with van der Waals surface area (Å²) >= 11 is 0. The Morgan fingerprint density at radius 1 is 0.808 bits per heavy atom. The zero-order chi connectivity index (χ0) is 18.4. The average molecular weight is 346 g/mol. The lowest BCUT2D eigenvalue weighted by Gasteiger charge is -2.07. The lowest BCUT2D eigenvalue weighted by atomic mass is 10.0. The van der Waals surface area contributed by atoms with Gasteiger partial charge in [-0.25, -0.2) is 0 Å². The maximum absolute atomic E-state index is 12.1. The van der Waals surface area contributed by atoms with Gasteiger partial charge < -0.3 is 5.32 Å². The van der Waals surface area contributed by atoms with E-state index in [4.69, 9.17) is 0 Å². The van der Waals surface area contributed by atoms with Gasteiger partial charge in [-0.2, -0.15) is 0 Å². The van der Waals surface area contributed by atoms with Gasteiger partial charge >= 0.3 is 0 Å². The van der Waals surface area contributed by atoms with Gasteiger partial charge in [-0.3, -0.25) is 14.9 Å². The standard InChI is InChI=1S/C21H18N2O3/c24-21(22-15-17-8-12-20(13-9-17)23(25)26)14-16-6-10-19(11-7-16)18-4-2-1-3-5-18/h1-13H,14-15H2,(H,22,24). The Hall–Kier alpha value is -3.47. The molecule has 0 radical (unpaired) electrons. The van der Waals surface area contributed by atoms with Crippen LogP contribution in [-0.2, 0) is 17.8 Å². The fourth-order valence-corrected chi connectivity index (χ4v) is 2.63. The number of carbonyl (C=O) groups excluding carboxylic acids is 1. The predicted molar refractivity (Wildman–Crippen MR) is 101 cm³/mol. The number of nitrogens with zero attached hydrogens (tertiary/aromatic N) is 1. The van der Waals surface area contributed by atoms with Gasteiger partial charge in [0.05, 0.1) is 11.3 Å². The van der Waals surface area contributed by atoms with Crippen LogP contribution in [0, 0.1) is 10.1 Å². The summed E-state index contributed by atoms with van der Waals surface area (Å²) in [6, 6.07) is 24.1. The van der Waals surface area contributed by atoms with Gasteiger partial charge in [0.1, 0.15) is 0 Å². The number of carbonyl (C=O) groups is 1. The Morgan fingerprint density at radius 2 is 1.38 bits per heavy atom. The molecular formula is C21H18N2O3. The molecule has 1 N–H and O–H groups in total. The van der Waals surface area contributed by atoms with E-state index in [1.54, 1.807) is 12.1 Å². The van der Waals surface area contributed by atoms with E-state index in [2.05, 4.69) is 5.32 Å². The molecule has 26 heavy (non-hydrogen) atoms. The third-order valence-electron chi connectivity index (χ3n) is 4.06. The zero-order valence-electron chi connectivity index (χ0n) is 14.1. The van der Waals surface area contributed by atoms with Crippen LogP contribution in [0.25, 0.3) is 11.1 Å². The van der Waals surface area contributed by atoms with Crippen LogP contribution < -0.4 is 5.32 Å². The van der Waals surface area contributed by atoms with Crippen molar-refractivity contribution in [3.63, 3.8) is 0 Å². The molecule has 5 heteroatoms. The lowest BCUT2D eigenvalue weighted by molar-refractivity contribution is -0.384. The fraction of sp³-hybridized carbons (Fsp3) is 0.0952. The van der Waals surface area contributed by atoms with Crippen LogP contribution in [0.4, 0.5) is 5.69 Å². The van der Waals surface area contributed by atoms with Crippen LogP contribution in [0.1, 0.15) is 11.1 Å². The monoisotopic (exact) mass is 346 g/mol. The smallest absolute Gasteiger partial charge is 0.269 e. The maximum Gasteiger partial charge on any atom is 0.269 e. The minimum Gasteiger partial charge on any atom is -0.352 e. The van der Waals surface area contributed by atoms with Crippen molar-refractivity contribution in [3.8, 4) is 11.1 Å². The van der Waals surface area contributed by atoms with Crippen molar-refractivity contribution in [1.82, 2.24) is 5.32 Å². The van der Waals surface area contributed by atoms with Gasteiger partial charge in [-0.15, -0.1) is 0 Å². The lowest BCUT2D eigenvalue weighted by Crippen LogP contribution is -2.24. The number of hydrogen-bond acceptors (Lipinski definition) is 3. The number of nitrogens with one attached hydrogen (secondary N) is 1. The molecule has 0 unspecified atom stereocenters. The molecule has 3 aromatic rings. The summed E-state index contributed by atoms with van der Waals surface area (Å²) < 4.78 is 0. The summed E-state index contributed by atoms with van der Waals surface area (Å²) in [7, 11) is 0. The first-order valence-corrected chi connectivity index (χ1v) is 8.26. The summed E-state index contributed by atoms with van der Waals surface area (Å²) in [4.78, 5) is 22.3. The van der Waals surface area contributed by atoms with E-state index < -0.39 is 4.92 Å². The van der Waals surface area contributed by atoms with Crippen LogP contribution in [0.5, 0.6) is 0 Å². The van der Waals surface area contributed by atoms with Gasteiger partial charge in [-0.1, -0.05) is 66.7 Å². The number of hydrogen-bond donors (Lipinski definition) is 1. The highest BCUT2D eigenvalue weighted by molar-refractivity contribution is 5.78. The Morgan fingerprint density at radius 3 is 2.00 bits per heavy atom. The number of amides is 1. The SMILES string of the molecule is O=C(Cc1ccc(-c2ccccc2)cc1)NCc1ccc([N+](=O)[O-])cc1. The van der Waals surface area contributed by atoms with Crippen molar-refractivity contribution >= 4 is 11.6 Å². The quantitative estimate of drug-likeness (QED) is 0.539. The molecule has 130 valence electrons. The average Bonchev–Trinajstić information content (AvgIpc) is 2.68. The first-order chi connectivity index (χ1) is 12.6. The van der Waals surface area contributed by atoms with Crippen LogP contribution in [0.3, 0.4) is 0 Å². The van der Waals surface area contributed by atoms with E-state index in [0.717, 1.165) is 22.3 Å². The van der Waals surface area contributed by atoms with Crippen molar-refractivity contribution < 1.29 is 9.72 Å². The number of nitro benzene ring substituents is 1. The van der Waals surface area contributed by atoms with Crippen molar-refractivity contribution in [2.75, 3.05) is 0 Å². The molecule has 0 aliphatic carbocycles. The van der Waals surface area contributed by atoms with Crippen molar-refractivity contribution in [2.24, 2.45) is 0 Å². The van der Waals surface area contributed by atoms with Crippen molar-refractivity contribution in [3.05, 3.63) is 100 Å². The Labute approximate surface area is 151 Å². The third kappa shape index (κ3) is 4.54. The van der Waals surface area contributed by atoms with Crippen LogP contribution in [0.15, 0.2) is 78.9 Å². The number of non-ortho nitro benzene ring substituents is 1. The van der Waals surface area contributed by atoms with E-state index in [1.165, 1.54) is 12.1 Å². The molecule has 0 aliphatic heterocycles. The molecule has 0 bridgehead atoms. The van der Waals surface area contributed by atoms with Crippen LogP contribution in [0.2, 0.25) is 0 Å². The summed E-state index contributed by atoms with van der Waals surface area (Å²) in [5, 5.41) is 13.5. The molecule has 0 aromatic heterocycles. The fourth-order valence-electron chi connectivity index (χ4n) is 2.63. The highest BCUT2D eigenvalue weighted by Crippen LogP contribution is 2.19. The maximum atomic E-state index is 12.1. The predicted octanol–water partition coefficient (Wildman–Crippen LogP) is 4.12. The molecule has 0 aliphatic rings. The van der Waals surface area contributed by atoms with Crippen molar-refractivity contribution in [1.29, 1.82) is 0 Å². The van der Waals surface area contributed by atoms with E-state index in [-0.39, 0.29) is 11.6 Å². The summed E-state index contributed by atoms with van der Waals surface area (Å²) in [6.45, 7) is 0.346. The van der Waals surface area contributed by atoms with E-state index >= 15 is 0 Å². The van der Waals surface area contributed by atoms with Crippen LogP contribution >= 0.6 is 0 Å². The van der Waals surface area contributed by atoms with Crippen LogP contribution in [-0.4, -0.2) is 10.8 Å².